The molecular formula is C14H9ClF2N2S. The van der Waals surface area contributed by atoms with Crippen molar-refractivity contribution in [2.75, 3.05) is 0 Å². The van der Waals surface area contributed by atoms with Crippen molar-refractivity contribution in [2.45, 2.75) is 6.54 Å². The van der Waals surface area contributed by atoms with E-state index < -0.39 is 11.6 Å². The van der Waals surface area contributed by atoms with Crippen LogP contribution in [0.4, 0.5) is 8.78 Å². The van der Waals surface area contributed by atoms with Gasteiger partial charge in [-0.3, -0.25) is 0 Å². The van der Waals surface area contributed by atoms with Gasteiger partial charge in [-0.05, 0) is 30.4 Å². The van der Waals surface area contributed by atoms with E-state index in [9.17, 15) is 8.78 Å². The molecule has 0 aliphatic rings. The zero-order valence-corrected chi connectivity index (χ0v) is 11.7. The molecule has 0 bridgehead atoms. The molecule has 0 radical (unpaired) electrons. The van der Waals surface area contributed by atoms with E-state index in [1.165, 1.54) is 12.1 Å². The number of benzene rings is 2. The summed E-state index contributed by atoms with van der Waals surface area (Å²) in [7, 11) is 0. The summed E-state index contributed by atoms with van der Waals surface area (Å²) in [5, 5.41) is 0.525. The highest BCUT2D eigenvalue weighted by Gasteiger charge is 2.11. The van der Waals surface area contributed by atoms with Gasteiger partial charge in [-0.25, -0.2) is 8.78 Å². The number of hydrogen-bond acceptors (Lipinski definition) is 1. The highest BCUT2D eigenvalue weighted by atomic mass is 35.5. The highest BCUT2D eigenvalue weighted by molar-refractivity contribution is 7.71. The number of H-pyrrole nitrogens is 1. The van der Waals surface area contributed by atoms with Crippen molar-refractivity contribution in [1.29, 1.82) is 0 Å². The Morgan fingerprint density at radius 2 is 2.00 bits per heavy atom. The average molecular weight is 311 g/mol. The van der Waals surface area contributed by atoms with Crippen LogP contribution < -0.4 is 0 Å². The molecule has 2 aromatic carbocycles. The topological polar surface area (TPSA) is 20.7 Å². The SMILES string of the molecule is Fc1ccc(Cn2c(=S)[nH]c3cccc(Cl)c32)c(F)c1. The van der Waals surface area contributed by atoms with Crippen LogP contribution in [0, 0.1) is 16.4 Å². The molecule has 0 saturated carbocycles. The molecule has 3 rings (SSSR count). The summed E-state index contributed by atoms with van der Waals surface area (Å²) < 4.78 is 28.8. The number of halogens is 3. The largest absolute Gasteiger partial charge is 0.331 e. The molecule has 6 heteroatoms. The molecule has 0 aliphatic heterocycles. The number of fused-ring (bicyclic) bond motifs is 1. The molecule has 0 unspecified atom stereocenters. The molecule has 1 heterocycles. The summed E-state index contributed by atoms with van der Waals surface area (Å²) in [4.78, 5) is 3.02. The maximum absolute atomic E-state index is 13.7. The van der Waals surface area contributed by atoms with Crippen LogP contribution in [0.5, 0.6) is 0 Å². The minimum Gasteiger partial charge on any atom is -0.331 e. The van der Waals surface area contributed by atoms with Crippen LogP contribution >= 0.6 is 23.8 Å². The zero-order valence-electron chi connectivity index (χ0n) is 10.2. The summed E-state index contributed by atoms with van der Waals surface area (Å²) in [5.41, 5.74) is 1.84. The Morgan fingerprint density at radius 3 is 2.75 bits per heavy atom. The van der Waals surface area contributed by atoms with Gasteiger partial charge in [0, 0.05) is 11.6 Å². The molecule has 0 saturated heterocycles. The van der Waals surface area contributed by atoms with Gasteiger partial charge in [-0.2, -0.15) is 0 Å². The number of hydrogen-bond donors (Lipinski definition) is 1. The van der Waals surface area contributed by atoms with Crippen molar-refractivity contribution in [2.24, 2.45) is 0 Å². The molecule has 0 amide bonds. The lowest BCUT2D eigenvalue weighted by atomic mass is 10.2. The molecule has 1 aromatic heterocycles. The van der Waals surface area contributed by atoms with Gasteiger partial charge < -0.3 is 9.55 Å². The molecule has 0 atom stereocenters. The van der Waals surface area contributed by atoms with Crippen LogP contribution in [0.1, 0.15) is 5.56 Å². The van der Waals surface area contributed by atoms with Gasteiger partial charge in [0.2, 0.25) is 0 Å². The second kappa shape index (κ2) is 5.00. The molecule has 1 N–H and O–H groups in total. The predicted molar refractivity (Wildman–Crippen MR) is 77.6 cm³/mol. The lowest BCUT2D eigenvalue weighted by Crippen LogP contribution is -2.02. The number of nitrogens with one attached hydrogen (secondary N) is 1. The number of rotatable bonds is 2. The van der Waals surface area contributed by atoms with E-state index in [0.717, 1.165) is 11.6 Å². The Bertz CT molecular complexity index is 854. The first-order valence-electron chi connectivity index (χ1n) is 5.87. The smallest absolute Gasteiger partial charge is 0.178 e. The number of nitrogens with zero attached hydrogens (tertiary/aromatic N) is 1. The fourth-order valence-corrected chi connectivity index (χ4v) is 2.69. The minimum atomic E-state index is -0.605. The van der Waals surface area contributed by atoms with Gasteiger partial charge in [0.05, 0.1) is 22.6 Å². The molecule has 102 valence electrons. The van der Waals surface area contributed by atoms with Gasteiger partial charge in [0.15, 0.2) is 4.77 Å². The molecule has 3 aromatic rings. The van der Waals surface area contributed by atoms with Crippen molar-refractivity contribution >= 4 is 34.9 Å². The average Bonchev–Trinajstić information content (AvgIpc) is 2.70. The third-order valence-electron chi connectivity index (χ3n) is 3.09. The molecule has 0 aliphatic carbocycles. The molecule has 2 nitrogen and oxygen atoms in total. The maximum Gasteiger partial charge on any atom is 0.178 e. The van der Waals surface area contributed by atoms with E-state index in [4.69, 9.17) is 23.8 Å². The standard InChI is InChI=1S/C14H9ClF2N2S/c15-10-2-1-3-12-13(10)19(14(20)18-12)7-8-4-5-9(16)6-11(8)17/h1-6H,7H2,(H,18,20). The van der Waals surface area contributed by atoms with E-state index in [2.05, 4.69) is 4.98 Å². The van der Waals surface area contributed by atoms with Gasteiger partial charge in [0.25, 0.3) is 0 Å². The second-order valence-corrected chi connectivity index (χ2v) is 5.18. The Labute approximate surface area is 123 Å². The Kier molecular flexibility index (Phi) is 3.31. The van der Waals surface area contributed by atoms with Crippen molar-refractivity contribution in [3.8, 4) is 0 Å². The lowest BCUT2D eigenvalue weighted by molar-refractivity contribution is 0.567. The summed E-state index contributed by atoms with van der Waals surface area (Å²) in [6.45, 7) is 0.189. The van der Waals surface area contributed by atoms with Crippen LogP contribution in [0.3, 0.4) is 0 Å². The molecular weight excluding hydrogens is 302 g/mol. The fraction of sp³-hybridized carbons (Fsp3) is 0.0714. The third kappa shape index (κ3) is 2.23. The van der Waals surface area contributed by atoms with E-state index in [0.29, 0.717) is 20.9 Å². The quantitative estimate of drug-likeness (QED) is 0.682. The zero-order chi connectivity index (χ0) is 14.3. The second-order valence-electron chi connectivity index (χ2n) is 4.39. The summed E-state index contributed by atoms with van der Waals surface area (Å²) in [6, 6.07) is 8.87. The summed E-state index contributed by atoms with van der Waals surface area (Å²) in [5.74, 6) is -1.21. The highest BCUT2D eigenvalue weighted by Crippen LogP contribution is 2.24. The van der Waals surface area contributed by atoms with Crippen LogP contribution in [0.2, 0.25) is 5.02 Å². The van der Waals surface area contributed by atoms with Crippen LogP contribution in [0.15, 0.2) is 36.4 Å². The molecule has 0 fully saturated rings. The lowest BCUT2D eigenvalue weighted by Gasteiger charge is -2.07. The fourth-order valence-electron chi connectivity index (χ4n) is 2.15. The number of aromatic nitrogens is 2. The Balaban J connectivity index is 2.15. The van der Waals surface area contributed by atoms with Gasteiger partial charge in [-0.1, -0.05) is 23.7 Å². The normalized spacial score (nSPS) is 11.2. The monoisotopic (exact) mass is 310 g/mol. The van der Waals surface area contributed by atoms with Crippen molar-refractivity contribution in [3.63, 3.8) is 0 Å². The third-order valence-corrected chi connectivity index (χ3v) is 3.71. The first kappa shape index (κ1) is 13.3. The van der Waals surface area contributed by atoms with E-state index in [1.807, 2.05) is 6.07 Å². The van der Waals surface area contributed by atoms with Crippen LogP contribution in [-0.2, 0) is 6.54 Å². The molecule has 0 spiro atoms. The molecule has 20 heavy (non-hydrogen) atoms. The maximum atomic E-state index is 13.7. The summed E-state index contributed by atoms with van der Waals surface area (Å²) >= 11 is 11.4. The van der Waals surface area contributed by atoms with Crippen molar-refractivity contribution in [1.82, 2.24) is 9.55 Å². The van der Waals surface area contributed by atoms with E-state index in [-0.39, 0.29) is 6.54 Å². The first-order chi connectivity index (χ1) is 9.56. The number of imidazole rings is 1. The number of aromatic amines is 1. The van der Waals surface area contributed by atoms with Gasteiger partial charge in [0.1, 0.15) is 11.6 Å². The van der Waals surface area contributed by atoms with Gasteiger partial charge in [-0.15, -0.1) is 0 Å². The minimum absolute atomic E-state index is 0.189. The van der Waals surface area contributed by atoms with Crippen LogP contribution in [0.25, 0.3) is 11.0 Å². The Hall–Kier alpha value is -1.72. The summed E-state index contributed by atoms with van der Waals surface area (Å²) in [6.07, 6.45) is 0. The van der Waals surface area contributed by atoms with E-state index in [1.54, 1.807) is 16.7 Å². The van der Waals surface area contributed by atoms with Crippen LogP contribution in [-0.4, -0.2) is 9.55 Å². The van der Waals surface area contributed by atoms with E-state index >= 15 is 0 Å². The van der Waals surface area contributed by atoms with Crippen molar-refractivity contribution < 1.29 is 8.78 Å². The number of para-hydroxylation sites is 1. The first-order valence-corrected chi connectivity index (χ1v) is 6.66. The predicted octanol–water partition coefficient (Wildman–Crippen LogP) is 4.68. The Morgan fingerprint density at radius 1 is 1.20 bits per heavy atom. The van der Waals surface area contributed by atoms with Gasteiger partial charge >= 0.3 is 0 Å². The van der Waals surface area contributed by atoms with Crippen molar-refractivity contribution in [3.05, 3.63) is 63.4 Å².